The molecule has 0 aromatic carbocycles. The van der Waals surface area contributed by atoms with Crippen molar-refractivity contribution in [2.45, 2.75) is 12.5 Å². The Labute approximate surface area is 93.1 Å². The number of carboxylic acid groups (broad SMARTS) is 1. The number of nitrogens with zero attached hydrogens (tertiary/aromatic N) is 1. The number of nitrogens with one attached hydrogen (secondary N) is 1. The van der Waals surface area contributed by atoms with E-state index in [1.165, 1.54) is 6.07 Å². The summed E-state index contributed by atoms with van der Waals surface area (Å²) < 4.78 is 0. The Balaban J connectivity index is 2.58. The fraction of sp³-hybridized carbons (Fsp3) is 0.273. The summed E-state index contributed by atoms with van der Waals surface area (Å²) in [4.78, 5) is 14.5. The van der Waals surface area contributed by atoms with Crippen LogP contribution in [0.25, 0.3) is 0 Å². The van der Waals surface area contributed by atoms with Gasteiger partial charge in [0.2, 0.25) is 0 Å². The molecule has 1 aromatic heterocycles. The average molecular weight is 220 g/mol. The molecular formula is C11H12N2O3. The van der Waals surface area contributed by atoms with Gasteiger partial charge in [0.05, 0.1) is 6.10 Å². The molecule has 5 nitrogen and oxygen atoms in total. The van der Waals surface area contributed by atoms with Crippen molar-refractivity contribution in [1.29, 1.82) is 0 Å². The van der Waals surface area contributed by atoms with Gasteiger partial charge in [0.1, 0.15) is 5.82 Å². The summed E-state index contributed by atoms with van der Waals surface area (Å²) in [6.07, 6.45) is 4.61. The number of aliphatic hydroxyl groups is 1. The third-order valence-corrected chi connectivity index (χ3v) is 1.84. The van der Waals surface area contributed by atoms with Crippen molar-refractivity contribution in [2.24, 2.45) is 0 Å². The molecule has 0 radical (unpaired) electrons. The van der Waals surface area contributed by atoms with Crippen LogP contribution in [-0.2, 0) is 0 Å². The van der Waals surface area contributed by atoms with Gasteiger partial charge in [0, 0.05) is 13.0 Å². The highest BCUT2D eigenvalue weighted by atomic mass is 16.4. The van der Waals surface area contributed by atoms with Gasteiger partial charge in [-0.2, -0.15) is 0 Å². The number of aliphatic hydroxyl groups excluding tert-OH is 1. The summed E-state index contributed by atoms with van der Waals surface area (Å²) in [6.45, 7) is 0.236. The van der Waals surface area contributed by atoms with E-state index in [2.05, 4.69) is 16.2 Å². The maximum atomic E-state index is 10.6. The molecular weight excluding hydrogens is 208 g/mol. The smallest absolute Gasteiger partial charge is 0.354 e. The molecule has 84 valence electrons. The number of aromatic nitrogens is 1. The zero-order valence-electron chi connectivity index (χ0n) is 8.55. The molecule has 1 rings (SSSR count). The summed E-state index contributed by atoms with van der Waals surface area (Å²) in [5, 5.41) is 20.8. The third kappa shape index (κ3) is 3.59. The van der Waals surface area contributed by atoms with E-state index in [0.717, 1.165) is 0 Å². The number of aromatic carboxylic acids is 1. The highest BCUT2D eigenvalue weighted by Gasteiger charge is 2.06. The first kappa shape index (κ1) is 12.0. The van der Waals surface area contributed by atoms with Crippen molar-refractivity contribution in [2.75, 3.05) is 11.9 Å². The molecule has 1 unspecified atom stereocenters. The van der Waals surface area contributed by atoms with E-state index in [1.807, 2.05) is 0 Å². The number of hydrogen-bond donors (Lipinski definition) is 3. The predicted molar refractivity (Wildman–Crippen MR) is 59.1 cm³/mol. The third-order valence-electron chi connectivity index (χ3n) is 1.84. The number of pyridine rings is 1. The van der Waals surface area contributed by atoms with Crippen LogP contribution in [0.1, 0.15) is 16.9 Å². The molecule has 0 saturated carbocycles. The number of terminal acetylenes is 1. The van der Waals surface area contributed by atoms with E-state index in [1.54, 1.807) is 12.1 Å². The van der Waals surface area contributed by atoms with Gasteiger partial charge >= 0.3 is 5.97 Å². The summed E-state index contributed by atoms with van der Waals surface area (Å²) in [5.74, 6) is 1.64. The molecule has 0 spiro atoms. The topological polar surface area (TPSA) is 82.5 Å². The Bertz CT molecular complexity index is 412. The Hall–Kier alpha value is -2.06. The highest BCUT2D eigenvalue weighted by molar-refractivity contribution is 5.85. The molecule has 0 aliphatic heterocycles. The second kappa shape index (κ2) is 5.73. The monoisotopic (exact) mass is 220 g/mol. The number of anilines is 1. The minimum atomic E-state index is -1.09. The standard InChI is InChI=1S/C11H12N2O3/c1-2-4-8(14)7-12-10-6-3-5-9(13-10)11(15)16/h1,3,5-6,8,14H,4,7H2,(H,12,13)(H,15,16). The summed E-state index contributed by atoms with van der Waals surface area (Å²) in [6, 6.07) is 4.59. The minimum absolute atomic E-state index is 0.0450. The predicted octanol–water partition coefficient (Wildman–Crippen LogP) is 0.576. The largest absolute Gasteiger partial charge is 0.477 e. The van der Waals surface area contributed by atoms with Gasteiger partial charge in [-0.1, -0.05) is 6.07 Å². The molecule has 0 amide bonds. The zero-order chi connectivity index (χ0) is 12.0. The molecule has 0 bridgehead atoms. The van der Waals surface area contributed by atoms with E-state index in [4.69, 9.17) is 11.5 Å². The molecule has 1 heterocycles. The van der Waals surface area contributed by atoms with Crippen LogP contribution in [-0.4, -0.2) is 33.8 Å². The van der Waals surface area contributed by atoms with Crippen LogP contribution in [0.15, 0.2) is 18.2 Å². The molecule has 3 N–H and O–H groups in total. The summed E-state index contributed by atoms with van der Waals surface area (Å²) in [7, 11) is 0. The number of hydrogen-bond acceptors (Lipinski definition) is 4. The molecule has 0 aliphatic rings. The molecule has 1 aromatic rings. The van der Waals surface area contributed by atoms with Gasteiger partial charge < -0.3 is 15.5 Å². The van der Waals surface area contributed by atoms with Gasteiger partial charge in [0.15, 0.2) is 5.69 Å². The van der Waals surface area contributed by atoms with Crippen LogP contribution in [0.5, 0.6) is 0 Å². The average Bonchev–Trinajstić information content (AvgIpc) is 2.27. The van der Waals surface area contributed by atoms with E-state index >= 15 is 0 Å². The Morgan fingerprint density at radius 1 is 1.62 bits per heavy atom. The SMILES string of the molecule is C#CCC(O)CNc1cccc(C(=O)O)n1. The molecule has 16 heavy (non-hydrogen) atoms. The van der Waals surface area contributed by atoms with Crippen LogP contribution in [0, 0.1) is 12.3 Å². The van der Waals surface area contributed by atoms with Gasteiger partial charge in [0.25, 0.3) is 0 Å². The van der Waals surface area contributed by atoms with Crippen molar-refractivity contribution in [3.63, 3.8) is 0 Å². The van der Waals surface area contributed by atoms with Crippen LogP contribution in [0.3, 0.4) is 0 Å². The molecule has 1 atom stereocenters. The molecule has 0 fully saturated rings. The summed E-state index contributed by atoms with van der Waals surface area (Å²) in [5.41, 5.74) is -0.0450. The second-order valence-corrected chi connectivity index (χ2v) is 3.16. The lowest BCUT2D eigenvalue weighted by atomic mass is 10.2. The molecule has 0 saturated heterocycles. The lowest BCUT2D eigenvalue weighted by Crippen LogP contribution is -2.19. The number of carboxylic acids is 1. The lowest BCUT2D eigenvalue weighted by molar-refractivity contribution is 0.0690. The van der Waals surface area contributed by atoms with E-state index in [0.29, 0.717) is 5.82 Å². The van der Waals surface area contributed by atoms with E-state index in [9.17, 15) is 9.90 Å². The second-order valence-electron chi connectivity index (χ2n) is 3.16. The fourth-order valence-electron chi connectivity index (χ4n) is 1.08. The van der Waals surface area contributed by atoms with Crippen molar-refractivity contribution < 1.29 is 15.0 Å². The lowest BCUT2D eigenvalue weighted by Gasteiger charge is -2.09. The Morgan fingerprint density at radius 3 is 3.00 bits per heavy atom. The summed E-state index contributed by atoms with van der Waals surface area (Å²) >= 11 is 0. The fourth-order valence-corrected chi connectivity index (χ4v) is 1.08. The minimum Gasteiger partial charge on any atom is -0.477 e. The van der Waals surface area contributed by atoms with Crippen LogP contribution >= 0.6 is 0 Å². The van der Waals surface area contributed by atoms with Gasteiger partial charge in [-0.25, -0.2) is 9.78 Å². The van der Waals surface area contributed by atoms with Crippen molar-refractivity contribution in [3.8, 4) is 12.3 Å². The van der Waals surface area contributed by atoms with Crippen molar-refractivity contribution >= 4 is 11.8 Å². The Morgan fingerprint density at radius 2 is 2.38 bits per heavy atom. The van der Waals surface area contributed by atoms with Crippen LogP contribution in [0.4, 0.5) is 5.82 Å². The highest BCUT2D eigenvalue weighted by Crippen LogP contribution is 2.05. The first-order valence-corrected chi connectivity index (χ1v) is 4.69. The van der Waals surface area contributed by atoms with Crippen molar-refractivity contribution in [1.82, 2.24) is 4.98 Å². The zero-order valence-corrected chi connectivity index (χ0v) is 8.55. The van der Waals surface area contributed by atoms with Crippen LogP contribution in [0.2, 0.25) is 0 Å². The quantitative estimate of drug-likeness (QED) is 0.632. The van der Waals surface area contributed by atoms with Gasteiger partial charge in [-0.05, 0) is 12.1 Å². The van der Waals surface area contributed by atoms with Gasteiger partial charge in [-0.15, -0.1) is 12.3 Å². The Kier molecular flexibility index (Phi) is 4.30. The van der Waals surface area contributed by atoms with Gasteiger partial charge in [-0.3, -0.25) is 0 Å². The first-order chi connectivity index (χ1) is 7.63. The number of rotatable bonds is 5. The normalized spacial score (nSPS) is 11.5. The maximum Gasteiger partial charge on any atom is 0.354 e. The molecule has 5 heteroatoms. The first-order valence-electron chi connectivity index (χ1n) is 4.69. The molecule has 0 aliphatic carbocycles. The van der Waals surface area contributed by atoms with E-state index < -0.39 is 12.1 Å². The van der Waals surface area contributed by atoms with Crippen LogP contribution < -0.4 is 5.32 Å². The van der Waals surface area contributed by atoms with E-state index in [-0.39, 0.29) is 18.7 Å². The maximum absolute atomic E-state index is 10.6. The van der Waals surface area contributed by atoms with Crippen molar-refractivity contribution in [3.05, 3.63) is 23.9 Å². The number of carbonyl (C=O) groups is 1.